The Hall–Kier alpha value is -1.06. The molecule has 1 heterocycles. The topological polar surface area (TPSA) is 41.5 Å². The summed E-state index contributed by atoms with van der Waals surface area (Å²) >= 11 is 0. The van der Waals surface area contributed by atoms with Crippen molar-refractivity contribution in [1.29, 1.82) is 0 Å². The van der Waals surface area contributed by atoms with Gasteiger partial charge in [-0.3, -0.25) is 0 Å². The molecule has 1 aromatic carbocycles. The molecule has 1 aliphatic heterocycles. The van der Waals surface area contributed by atoms with Crippen molar-refractivity contribution >= 4 is 0 Å². The fourth-order valence-corrected chi connectivity index (χ4v) is 3.27. The van der Waals surface area contributed by atoms with Crippen LogP contribution in [0.25, 0.3) is 0 Å². The minimum atomic E-state index is -0.115. The number of nitrogens with one attached hydrogen (secondary N) is 1. The van der Waals surface area contributed by atoms with Gasteiger partial charge in [0.15, 0.2) is 0 Å². The molecule has 3 rings (SSSR count). The SMILES string of the molecule is OC1CCCCC1CNC1CCOc2ccccc21. The number of para-hydroxylation sites is 1. The third-order valence-electron chi connectivity index (χ3n) is 4.45. The van der Waals surface area contributed by atoms with Gasteiger partial charge < -0.3 is 15.2 Å². The highest BCUT2D eigenvalue weighted by atomic mass is 16.5. The number of aliphatic hydroxyl groups excluding tert-OH is 1. The number of benzene rings is 1. The first-order valence-electron chi connectivity index (χ1n) is 7.48. The first kappa shape index (κ1) is 12.9. The summed E-state index contributed by atoms with van der Waals surface area (Å²) in [6, 6.07) is 8.64. The van der Waals surface area contributed by atoms with Gasteiger partial charge in [0.05, 0.1) is 12.7 Å². The van der Waals surface area contributed by atoms with E-state index in [1.807, 2.05) is 12.1 Å². The standard InChI is InChI=1S/C16H23NO2/c18-15-7-3-1-5-12(15)11-17-14-9-10-19-16-8-4-2-6-13(14)16/h2,4,6,8,12,14-15,17-18H,1,3,5,7,9-11H2. The lowest BCUT2D eigenvalue weighted by Crippen LogP contribution is -2.37. The van der Waals surface area contributed by atoms with E-state index in [0.29, 0.717) is 12.0 Å². The largest absolute Gasteiger partial charge is 0.493 e. The Labute approximate surface area is 115 Å². The summed E-state index contributed by atoms with van der Waals surface area (Å²) in [4.78, 5) is 0. The molecule has 3 unspecified atom stereocenters. The van der Waals surface area contributed by atoms with Gasteiger partial charge in [-0.25, -0.2) is 0 Å². The lowest BCUT2D eigenvalue weighted by Gasteiger charge is -2.32. The number of aliphatic hydroxyl groups is 1. The molecule has 0 radical (unpaired) electrons. The van der Waals surface area contributed by atoms with Crippen LogP contribution in [0.5, 0.6) is 5.75 Å². The molecule has 19 heavy (non-hydrogen) atoms. The fourth-order valence-electron chi connectivity index (χ4n) is 3.27. The highest BCUT2D eigenvalue weighted by molar-refractivity contribution is 5.37. The molecule has 1 aliphatic carbocycles. The van der Waals surface area contributed by atoms with E-state index >= 15 is 0 Å². The first-order chi connectivity index (χ1) is 9.34. The Morgan fingerprint density at radius 2 is 2.00 bits per heavy atom. The predicted molar refractivity (Wildman–Crippen MR) is 75.3 cm³/mol. The number of fused-ring (bicyclic) bond motifs is 1. The molecule has 0 amide bonds. The van der Waals surface area contributed by atoms with Crippen molar-refractivity contribution in [1.82, 2.24) is 5.32 Å². The summed E-state index contributed by atoms with van der Waals surface area (Å²) in [5.41, 5.74) is 1.26. The highest BCUT2D eigenvalue weighted by Gasteiger charge is 2.26. The van der Waals surface area contributed by atoms with Gasteiger partial charge in [0.2, 0.25) is 0 Å². The second-order valence-corrected chi connectivity index (χ2v) is 5.75. The maximum Gasteiger partial charge on any atom is 0.124 e. The quantitative estimate of drug-likeness (QED) is 0.879. The minimum Gasteiger partial charge on any atom is -0.493 e. The van der Waals surface area contributed by atoms with E-state index in [0.717, 1.165) is 38.2 Å². The maximum absolute atomic E-state index is 10.0. The first-order valence-corrected chi connectivity index (χ1v) is 7.48. The molecule has 0 spiro atoms. The molecule has 2 N–H and O–H groups in total. The summed E-state index contributed by atoms with van der Waals surface area (Å²) in [5.74, 6) is 1.43. The molecule has 0 aromatic heterocycles. The van der Waals surface area contributed by atoms with Crippen molar-refractivity contribution < 1.29 is 9.84 Å². The molecule has 3 atom stereocenters. The van der Waals surface area contributed by atoms with Crippen molar-refractivity contribution in [2.45, 2.75) is 44.2 Å². The van der Waals surface area contributed by atoms with E-state index < -0.39 is 0 Å². The minimum absolute atomic E-state index is 0.115. The summed E-state index contributed by atoms with van der Waals surface area (Å²) in [6.07, 6.45) is 5.46. The van der Waals surface area contributed by atoms with Crippen LogP contribution < -0.4 is 10.1 Å². The smallest absolute Gasteiger partial charge is 0.124 e. The summed E-state index contributed by atoms with van der Waals surface area (Å²) in [5, 5.41) is 13.7. The molecular weight excluding hydrogens is 238 g/mol. The molecule has 1 aromatic rings. The third-order valence-corrected chi connectivity index (χ3v) is 4.45. The van der Waals surface area contributed by atoms with E-state index in [9.17, 15) is 5.11 Å². The normalized spacial score (nSPS) is 30.5. The van der Waals surface area contributed by atoms with Crippen LogP contribution in [0.2, 0.25) is 0 Å². The van der Waals surface area contributed by atoms with Gasteiger partial charge in [0.1, 0.15) is 5.75 Å². The van der Waals surface area contributed by atoms with E-state index in [1.54, 1.807) is 0 Å². The van der Waals surface area contributed by atoms with Crippen molar-refractivity contribution in [3.63, 3.8) is 0 Å². The van der Waals surface area contributed by atoms with Crippen molar-refractivity contribution in [3.8, 4) is 5.75 Å². The Morgan fingerprint density at radius 3 is 2.89 bits per heavy atom. The molecule has 3 nitrogen and oxygen atoms in total. The Morgan fingerprint density at radius 1 is 1.16 bits per heavy atom. The van der Waals surface area contributed by atoms with Crippen molar-refractivity contribution in [2.24, 2.45) is 5.92 Å². The van der Waals surface area contributed by atoms with E-state index in [1.165, 1.54) is 18.4 Å². The van der Waals surface area contributed by atoms with Gasteiger partial charge in [-0.1, -0.05) is 31.0 Å². The van der Waals surface area contributed by atoms with Crippen LogP contribution >= 0.6 is 0 Å². The summed E-state index contributed by atoms with van der Waals surface area (Å²) in [6.45, 7) is 1.70. The Kier molecular flexibility index (Phi) is 4.04. The van der Waals surface area contributed by atoms with Gasteiger partial charge in [0.25, 0.3) is 0 Å². The van der Waals surface area contributed by atoms with Crippen molar-refractivity contribution in [3.05, 3.63) is 29.8 Å². The van der Waals surface area contributed by atoms with Crippen LogP contribution in [0, 0.1) is 5.92 Å². The number of hydrogen-bond acceptors (Lipinski definition) is 3. The van der Waals surface area contributed by atoms with Crippen LogP contribution in [0.3, 0.4) is 0 Å². The van der Waals surface area contributed by atoms with E-state index in [2.05, 4.69) is 17.4 Å². The van der Waals surface area contributed by atoms with Gasteiger partial charge in [-0.2, -0.15) is 0 Å². The molecule has 104 valence electrons. The molecular formula is C16H23NO2. The lowest BCUT2D eigenvalue weighted by molar-refractivity contribution is 0.0670. The summed E-state index contributed by atoms with van der Waals surface area (Å²) in [7, 11) is 0. The van der Waals surface area contributed by atoms with Crippen LogP contribution in [-0.4, -0.2) is 24.4 Å². The number of ether oxygens (including phenoxy) is 1. The molecule has 0 saturated heterocycles. The van der Waals surface area contributed by atoms with E-state index in [-0.39, 0.29) is 6.10 Å². The van der Waals surface area contributed by atoms with Crippen LogP contribution in [-0.2, 0) is 0 Å². The lowest BCUT2D eigenvalue weighted by atomic mass is 9.86. The average Bonchev–Trinajstić information content (AvgIpc) is 2.46. The van der Waals surface area contributed by atoms with Gasteiger partial charge in [-0.15, -0.1) is 0 Å². The van der Waals surface area contributed by atoms with Crippen LogP contribution in [0.15, 0.2) is 24.3 Å². The molecule has 1 saturated carbocycles. The second-order valence-electron chi connectivity index (χ2n) is 5.75. The van der Waals surface area contributed by atoms with Gasteiger partial charge >= 0.3 is 0 Å². The zero-order chi connectivity index (χ0) is 13.1. The predicted octanol–water partition coefficient (Wildman–Crippen LogP) is 2.65. The zero-order valence-corrected chi connectivity index (χ0v) is 11.3. The third kappa shape index (κ3) is 2.93. The monoisotopic (exact) mass is 261 g/mol. The molecule has 2 aliphatic rings. The molecule has 0 bridgehead atoms. The number of rotatable bonds is 3. The number of hydrogen-bond donors (Lipinski definition) is 2. The van der Waals surface area contributed by atoms with Gasteiger partial charge in [-0.05, 0) is 24.8 Å². The fraction of sp³-hybridized carbons (Fsp3) is 0.625. The van der Waals surface area contributed by atoms with Crippen molar-refractivity contribution in [2.75, 3.05) is 13.2 Å². The zero-order valence-electron chi connectivity index (χ0n) is 11.3. The van der Waals surface area contributed by atoms with Gasteiger partial charge in [0, 0.05) is 24.6 Å². The Balaban J connectivity index is 1.61. The van der Waals surface area contributed by atoms with Crippen LogP contribution in [0.4, 0.5) is 0 Å². The second kappa shape index (κ2) is 5.93. The van der Waals surface area contributed by atoms with Crippen LogP contribution in [0.1, 0.15) is 43.7 Å². The maximum atomic E-state index is 10.0. The average molecular weight is 261 g/mol. The summed E-state index contributed by atoms with van der Waals surface area (Å²) < 4.78 is 5.68. The highest BCUT2D eigenvalue weighted by Crippen LogP contribution is 2.32. The van der Waals surface area contributed by atoms with E-state index in [4.69, 9.17) is 4.74 Å². The Bertz CT molecular complexity index is 421. The molecule has 3 heteroatoms. The molecule has 1 fully saturated rings.